The van der Waals surface area contributed by atoms with Crippen molar-refractivity contribution in [3.63, 3.8) is 0 Å². The first-order valence-corrected chi connectivity index (χ1v) is 5.80. The van der Waals surface area contributed by atoms with Gasteiger partial charge in [0.1, 0.15) is 12.1 Å². The van der Waals surface area contributed by atoms with E-state index in [0.29, 0.717) is 16.9 Å². The highest BCUT2D eigenvalue weighted by atomic mass is 16.2. The van der Waals surface area contributed by atoms with E-state index in [1.165, 1.54) is 0 Å². The SMILES string of the molecule is CC(C)NC(=O)C(C)Nc1ccc(N)c(C#N)c1. The smallest absolute Gasteiger partial charge is 0.242 e. The fourth-order valence-electron chi connectivity index (χ4n) is 1.47. The van der Waals surface area contributed by atoms with Crippen molar-refractivity contribution < 1.29 is 4.79 Å². The predicted octanol–water partition coefficient (Wildman–Crippen LogP) is 1.47. The Kier molecular flexibility index (Phi) is 4.55. The molecule has 0 heterocycles. The van der Waals surface area contributed by atoms with E-state index in [9.17, 15) is 4.79 Å². The van der Waals surface area contributed by atoms with Gasteiger partial charge in [0.2, 0.25) is 5.91 Å². The van der Waals surface area contributed by atoms with Gasteiger partial charge in [-0.2, -0.15) is 5.26 Å². The second kappa shape index (κ2) is 5.92. The van der Waals surface area contributed by atoms with Crippen LogP contribution in [0.3, 0.4) is 0 Å². The summed E-state index contributed by atoms with van der Waals surface area (Å²) >= 11 is 0. The van der Waals surface area contributed by atoms with Crippen LogP contribution in [0.4, 0.5) is 11.4 Å². The first kappa shape index (κ1) is 13.8. The molecule has 1 unspecified atom stereocenters. The highest BCUT2D eigenvalue weighted by molar-refractivity contribution is 5.84. The number of carbonyl (C=O) groups is 1. The Labute approximate surface area is 107 Å². The van der Waals surface area contributed by atoms with E-state index in [0.717, 1.165) is 0 Å². The van der Waals surface area contributed by atoms with Crippen LogP contribution in [-0.4, -0.2) is 18.0 Å². The van der Waals surface area contributed by atoms with Gasteiger partial charge in [-0.3, -0.25) is 4.79 Å². The quantitative estimate of drug-likeness (QED) is 0.701. The average molecular weight is 246 g/mol. The largest absolute Gasteiger partial charge is 0.398 e. The molecule has 0 aromatic heterocycles. The molecule has 0 saturated heterocycles. The molecule has 1 aromatic rings. The third-order valence-electron chi connectivity index (χ3n) is 2.38. The Balaban J connectivity index is 2.73. The third-order valence-corrected chi connectivity index (χ3v) is 2.38. The molecule has 0 fully saturated rings. The monoisotopic (exact) mass is 246 g/mol. The Morgan fingerprint density at radius 3 is 2.61 bits per heavy atom. The van der Waals surface area contributed by atoms with Crippen LogP contribution < -0.4 is 16.4 Å². The molecule has 0 bridgehead atoms. The number of anilines is 2. The van der Waals surface area contributed by atoms with E-state index in [1.807, 2.05) is 19.9 Å². The summed E-state index contributed by atoms with van der Waals surface area (Å²) < 4.78 is 0. The number of nitrogens with one attached hydrogen (secondary N) is 2. The topological polar surface area (TPSA) is 90.9 Å². The van der Waals surface area contributed by atoms with Crippen LogP contribution in [0.25, 0.3) is 0 Å². The molecule has 1 aromatic carbocycles. The number of rotatable bonds is 4. The minimum atomic E-state index is -0.373. The molecule has 4 N–H and O–H groups in total. The summed E-state index contributed by atoms with van der Waals surface area (Å²) in [7, 11) is 0. The van der Waals surface area contributed by atoms with Crippen molar-refractivity contribution in [1.82, 2.24) is 5.32 Å². The predicted molar refractivity (Wildman–Crippen MR) is 71.9 cm³/mol. The summed E-state index contributed by atoms with van der Waals surface area (Å²) in [6.45, 7) is 5.57. The maximum absolute atomic E-state index is 11.7. The molecule has 0 radical (unpaired) electrons. The number of amides is 1. The van der Waals surface area contributed by atoms with E-state index < -0.39 is 0 Å². The lowest BCUT2D eigenvalue weighted by molar-refractivity contribution is -0.122. The van der Waals surface area contributed by atoms with Crippen LogP contribution in [0.2, 0.25) is 0 Å². The maximum atomic E-state index is 11.7. The lowest BCUT2D eigenvalue weighted by Gasteiger charge is -2.17. The van der Waals surface area contributed by atoms with E-state index >= 15 is 0 Å². The molecule has 0 aliphatic rings. The molecule has 1 rings (SSSR count). The number of nitriles is 1. The highest BCUT2D eigenvalue weighted by Crippen LogP contribution is 2.17. The molecule has 1 atom stereocenters. The molecule has 5 heteroatoms. The summed E-state index contributed by atoms with van der Waals surface area (Å²) in [6, 6.07) is 6.76. The minimum Gasteiger partial charge on any atom is -0.398 e. The van der Waals surface area contributed by atoms with Crippen molar-refractivity contribution in [2.75, 3.05) is 11.1 Å². The van der Waals surface area contributed by atoms with Gasteiger partial charge >= 0.3 is 0 Å². The third kappa shape index (κ3) is 3.67. The minimum absolute atomic E-state index is 0.0830. The van der Waals surface area contributed by atoms with Gasteiger partial charge < -0.3 is 16.4 Å². The summed E-state index contributed by atoms with van der Waals surface area (Å²) in [5.74, 6) is -0.0830. The van der Waals surface area contributed by atoms with Gasteiger partial charge in [-0.25, -0.2) is 0 Å². The summed E-state index contributed by atoms with van der Waals surface area (Å²) in [6.07, 6.45) is 0. The van der Waals surface area contributed by atoms with Crippen molar-refractivity contribution in [2.45, 2.75) is 32.9 Å². The van der Waals surface area contributed by atoms with Crippen LogP contribution in [0.15, 0.2) is 18.2 Å². The normalized spacial score (nSPS) is 11.7. The van der Waals surface area contributed by atoms with Crippen molar-refractivity contribution in [3.05, 3.63) is 23.8 Å². The zero-order valence-corrected chi connectivity index (χ0v) is 10.8. The Morgan fingerprint density at radius 1 is 1.39 bits per heavy atom. The Hall–Kier alpha value is -2.22. The number of nitrogen functional groups attached to an aromatic ring is 1. The molecule has 0 spiro atoms. The van der Waals surface area contributed by atoms with Gasteiger partial charge in [0, 0.05) is 17.4 Å². The molecule has 0 aliphatic carbocycles. The van der Waals surface area contributed by atoms with Crippen molar-refractivity contribution in [3.8, 4) is 6.07 Å². The summed E-state index contributed by atoms with van der Waals surface area (Å²) in [5.41, 5.74) is 7.16. The molecule has 18 heavy (non-hydrogen) atoms. The zero-order valence-electron chi connectivity index (χ0n) is 10.8. The molecule has 1 amide bonds. The number of hydrogen-bond donors (Lipinski definition) is 3. The van der Waals surface area contributed by atoms with Crippen molar-refractivity contribution in [2.24, 2.45) is 0 Å². The number of nitrogens with two attached hydrogens (primary N) is 1. The van der Waals surface area contributed by atoms with Gasteiger partial charge in [-0.1, -0.05) is 0 Å². The fourth-order valence-corrected chi connectivity index (χ4v) is 1.47. The molecule has 5 nitrogen and oxygen atoms in total. The van der Waals surface area contributed by atoms with Crippen LogP contribution in [0, 0.1) is 11.3 Å². The number of hydrogen-bond acceptors (Lipinski definition) is 4. The maximum Gasteiger partial charge on any atom is 0.242 e. The van der Waals surface area contributed by atoms with Crippen LogP contribution in [0.5, 0.6) is 0 Å². The number of carbonyl (C=O) groups excluding carboxylic acids is 1. The lowest BCUT2D eigenvalue weighted by Crippen LogP contribution is -2.40. The lowest BCUT2D eigenvalue weighted by atomic mass is 10.1. The van der Waals surface area contributed by atoms with Crippen LogP contribution in [-0.2, 0) is 4.79 Å². The second-order valence-electron chi connectivity index (χ2n) is 4.44. The van der Waals surface area contributed by atoms with Crippen LogP contribution >= 0.6 is 0 Å². The van der Waals surface area contributed by atoms with Gasteiger partial charge in [-0.05, 0) is 39.0 Å². The van der Waals surface area contributed by atoms with Gasteiger partial charge in [0.05, 0.1) is 5.56 Å². The van der Waals surface area contributed by atoms with Gasteiger partial charge in [0.15, 0.2) is 0 Å². The number of nitrogens with zero attached hydrogens (tertiary/aromatic N) is 1. The molecular weight excluding hydrogens is 228 g/mol. The Morgan fingerprint density at radius 2 is 2.06 bits per heavy atom. The zero-order chi connectivity index (χ0) is 13.7. The summed E-state index contributed by atoms with van der Waals surface area (Å²) in [4.78, 5) is 11.7. The average Bonchev–Trinajstić information content (AvgIpc) is 2.30. The summed E-state index contributed by atoms with van der Waals surface area (Å²) in [5, 5.41) is 14.7. The van der Waals surface area contributed by atoms with Gasteiger partial charge in [0.25, 0.3) is 0 Å². The van der Waals surface area contributed by atoms with Crippen LogP contribution in [0.1, 0.15) is 26.3 Å². The molecule has 96 valence electrons. The second-order valence-corrected chi connectivity index (χ2v) is 4.44. The first-order valence-electron chi connectivity index (χ1n) is 5.80. The molecule has 0 aliphatic heterocycles. The van der Waals surface area contributed by atoms with Gasteiger partial charge in [-0.15, -0.1) is 0 Å². The van der Waals surface area contributed by atoms with E-state index in [-0.39, 0.29) is 18.0 Å². The first-order chi connectivity index (χ1) is 8.43. The molecular formula is C13H18N4O. The Bertz CT molecular complexity index is 476. The fraction of sp³-hybridized carbons (Fsp3) is 0.385. The van der Waals surface area contributed by atoms with E-state index in [1.54, 1.807) is 25.1 Å². The highest BCUT2D eigenvalue weighted by Gasteiger charge is 2.13. The van der Waals surface area contributed by atoms with E-state index in [2.05, 4.69) is 10.6 Å². The standard InChI is InChI=1S/C13H18N4O/c1-8(2)16-13(18)9(3)17-11-4-5-12(15)10(6-11)7-14/h4-6,8-9,17H,15H2,1-3H3,(H,16,18). The molecule has 0 saturated carbocycles. The number of benzene rings is 1. The van der Waals surface area contributed by atoms with E-state index in [4.69, 9.17) is 11.0 Å². The van der Waals surface area contributed by atoms with Crippen molar-refractivity contribution in [1.29, 1.82) is 5.26 Å². The van der Waals surface area contributed by atoms with Crippen molar-refractivity contribution >= 4 is 17.3 Å².